The fourth-order valence-electron chi connectivity index (χ4n) is 6.27. The van der Waals surface area contributed by atoms with E-state index in [1.54, 1.807) is 13.8 Å². The Morgan fingerprint density at radius 1 is 1.11 bits per heavy atom. The molecule has 0 radical (unpaired) electrons. The van der Waals surface area contributed by atoms with Crippen molar-refractivity contribution in [1.29, 1.82) is 0 Å². The van der Waals surface area contributed by atoms with Gasteiger partial charge in [-0.3, -0.25) is 4.98 Å². The standard InChI is InChI=1S/C33H38ClNO3/c1-31(2)20-22(16-17-33(31,37)23-10-13-25(34)14-11-23)7-5-8-26-27-9-6-18-35-29(27)21-38-30-15-12-24(19-28(26)30)32(3,4)36/h6,8-15,18-19,22,36-37H,5,7,16-17,20-21H2,1-4H3/b26-8+/t22?,33-/m0/s1. The molecule has 2 atom stereocenters. The fourth-order valence-corrected chi connectivity index (χ4v) is 6.40. The van der Waals surface area contributed by atoms with Crippen molar-refractivity contribution in [2.45, 2.75) is 77.6 Å². The SMILES string of the molecule is CC(C)(O)c1ccc2c(c1)/C(=C/CCC1CC[C@](O)(c3ccc(Cl)cc3)C(C)(C)C1)c1cccnc1CO2. The Hall–Kier alpha value is -2.66. The first-order valence-electron chi connectivity index (χ1n) is 13.6. The number of hydrogen-bond donors (Lipinski definition) is 2. The lowest BCUT2D eigenvalue weighted by Crippen LogP contribution is -2.46. The minimum absolute atomic E-state index is 0.252. The van der Waals surface area contributed by atoms with Crippen molar-refractivity contribution >= 4 is 17.2 Å². The Bertz CT molecular complexity index is 1340. The predicted octanol–water partition coefficient (Wildman–Crippen LogP) is 7.78. The van der Waals surface area contributed by atoms with E-state index in [-0.39, 0.29) is 5.41 Å². The summed E-state index contributed by atoms with van der Waals surface area (Å²) in [6.45, 7) is 8.40. The van der Waals surface area contributed by atoms with Crippen LogP contribution >= 0.6 is 11.6 Å². The molecule has 38 heavy (non-hydrogen) atoms. The molecule has 5 heteroatoms. The van der Waals surface area contributed by atoms with E-state index in [9.17, 15) is 10.2 Å². The summed E-state index contributed by atoms with van der Waals surface area (Å²) < 4.78 is 6.15. The van der Waals surface area contributed by atoms with Gasteiger partial charge in [-0.15, -0.1) is 0 Å². The molecular weight excluding hydrogens is 494 g/mol. The molecule has 0 spiro atoms. The Balaban J connectivity index is 1.39. The average molecular weight is 532 g/mol. The van der Waals surface area contributed by atoms with Gasteiger partial charge in [0, 0.05) is 22.3 Å². The number of benzene rings is 2. The zero-order chi connectivity index (χ0) is 27.1. The zero-order valence-electron chi connectivity index (χ0n) is 22.8. The van der Waals surface area contributed by atoms with Crippen LogP contribution in [0, 0.1) is 11.3 Å². The van der Waals surface area contributed by atoms with Gasteiger partial charge in [-0.1, -0.05) is 55.8 Å². The molecule has 0 amide bonds. The number of fused-ring (bicyclic) bond motifs is 2. The normalized spacial score (nSPS) is 23.8. The maximum atomic E-state index is 11.8. The first-order valence-corrected chi connectivity index (χ1v) is 14.0. The number of nitrogens with zero attached hydrogens (tertiary/aromatic N) is 1. The minimum atomic E-state index is -0.946. The topological polar surface area (TPSA) is 62.6 Å². The molecule has 2 aromatic carbocycles. The molecule has 1 aliphatic heterocycles. The van der Waals surface area contributed by atoms with Crippen molar-refractivity contribution in [3.8, 4) is 5.75 Å². The Labute approximate surface area is 231 Å². The van der Waals surface area contributed by atoms with Gasteiger partial charge in [0.05, 0.1) is 16.9 Å². The van der Waals surface area contributed by atoms with Gasteiger partial charge in [0.2, 0.25) is 0 Å². The third-order valence-electron chi connectivity index (χ3n) is 8.60. The van der Waals surface area contributed by atoms with Crippen LogP contribution < -0.4 is 4.74 Å². The highest BCUT2D eigenvalue weighted by Crippen LogP contribution is 2.53. The third-order valence-corrected chi connectivity index (χ3v) is 8.85. The Morgan fingerprint density at radius 3 is 2.58 bits per heavy atom. The van der Waals surface area contributed by atoms with Gasteiger partial charge in [0.1, 0.15) is 12.4 Å². The summed E-state index contributed by atoms with van der Waals surface area (Å²) in [5.41, 5.74) is 3.87. The second-order valence-corrected chi connectivity index (χ2v) is 12.5. The molecule has 1 aliphatic carbocycles. The largest absolute Gasteiger partial charge is 0.487 e. The molecule has 4 nitrogen and oxygen atoms in total. The Morgan fingerprint density at radius 2 is 1.87 bits per heavy atom. The number of halogens is 1. The molecule has 1 fully saturated rings. The Kier molecular flexibility index (Phi) is 7.19. The van der Waals surface area contributed by atoms with Gasteiger partial charge in [-0.25, -0.2) is 0 Å². The highest BCUT2D eigenvalue weighted by molar-refractivity contribution is 6.30. The lowest BCUT2D eigenvalue weighted by molar-refractivity contribution is -0.118. The molecule has 200 valence electrons. The summed E-state index contributed by atoms with van der Waals surface area (Å²) in [6.07, 6.45) is 8.75. The van der Waals surface area contributed by atoms with Crippen LogP contribution in [0.5, 0.6) is 5.75 Å². The molecule has 0 saturated heterocycles. The molecule has 1 saturated carbocycles. The van der Waals surface area contributed by atoms with Gasteiger partial charge >= 0.3 is 0 Å². The second-order valence-electron chi connectivity index (χ2n) is 12.1. The van der Waals surface area contributed by atoms with E-state index in [1.165, 1.54) is 0 Å². The number of hydrogen-bond acceptors (Lipinski definition) is 4. The number of allylic oxidation sites excluding steroid dienone is 1. The number of ether oxygens (including phenoxy) is 1. The predicted molar refractivity (Wildman–Crippen MR) is 153 cm³/mol. The van der Waals surface area contributed by atoms with Gasteiger partial charge in [0.15, 0.2) is 0 Å². The van der Waals surface area contributed by atoms with E-state index in [0.717, 1.165) is 71.4 Å². The second kappa shape index (κ2) is 10.1. The van der Waals surface area contributed by atoms with E-state index in [0.29, 0.717) is 17.5 Å². The van der Waals surface area contributed by atoms with Crippen LogP contribution in [0.1, 0.15) is 87.7 Å². The molecule has 2 heterocycles. The summed E-state index contributed by atoms with van der Waals surface area (Å²) in [4.78, 5) is 4.60. The van der Waals surface area contributed by atoms with E-state index >= 15 is 0 Å². The zero-order valence-corrected chi connectivity index (χ0v) is 23.6. The lowest BCUT2D eigenvalue weighted by atomic mass is 9.59. The van der Waals surface area contributed by atoms with Gasteiger partial charge < -0.3 is 14.9 Å². The van der Waals surface area contributed by atoms with Crippen LogP contribution in [0.4, 0.5) is 0 Å². The maximum Gasteiger partial charge on any atom is 0.131 e. The van der Waals surface area contributed by atoms with Gasteiger partial charge in [-0.2, -0.15) is 0 Å². The first kappa shape index (κ1) is 26.9. The van der Waals surface area contributed by atoms with Crippen molar-refractivity contribution in [2.75, 3.05) is 0 Å². The quantitative estimate of drug-likeness (QED) is 0.353. The van der Waals surface area contributed by atoms with Crippen molar-refractivity contribution in [3.63, 3.8) is 0 Å². The van der Waals surface area contributed by atoms with E-state index < -0.39 is 11.2 Å². The van der Waals surface area contributed by atoms with Crippen LogP contribution in [0.25, 0.3) is 5.57 Å². The van der Waals surface area contributed by atoms with Crippen LogP contribution in [0.15, 0.2) is 66.9 Å². The monoisotopic (exact) mass is 531 g/mol. The highest BCUT2D eigenvalue weighted by atomic mass is 35.5. The molecule has 2 N–H and O–H groups in total. The van der Waals surface area contributed by atoms with E-state index in [2.05, 4.69) is 37.0 Å². The van der Waals surface area contributed by atoms with Crippen molar-refractivity contribution in [2.24, 2.45) is 11.3 Å². The molecule has 3 aromatic rings. The van der Waals surface area contributed by atoms with Crippen molar-refractivity contribution in [3.05, 3.63) is 99.8 Å². The molecular formula is C33H38ClNO3. The molecule has 1 unspecified atom stereocenters. The summed E-state index contributed by atoms with van der Waals surface area (Å²) in [6, 6.07) is 17.7. The number of pyridine rings is 1. The smallest absolute Gasteiger partial charge is 0.131 e. The molecule has 1 aromatic heterocycles. The van der Waals surface area contributed by atoms with Crippen LogP contribution in [-0.2, 0) is 17.8 Å². The van der Waals surface area contributed by atoms with Crippen LogP contribution in [-0.4, -0.2) is 15.2 Å². The van der Waals surface area contributed by atoms with Gasteiger partial charge in [-0.05, 0) is 104 Å². The number of aromatic nitrogens is 1. The highest BCUT2D eigenvalue weighted by Gasteiger charge is 2.48. The number of aliphatic hydroxyl groups is 2. The third kappa shape index (κ3) is 5.14. The van der Waals surface area contributed by atoms with Crippen LogP contribution in [0.2, 0.25) is 5.02 Å². The fraction of sp³-hybridized carbons (Fsp3) is 0.424. The lowest BCUT2D eigenvalue weighted by Gasteiger charge is -2.49. The molecule has 0 bridgehead atoms. The summed E-state index contributed by atoms with van der Waals surface area (Å²) in [5, 5.41) is 23.1. The van der Waals surface area contributed by atoms with Crippen LogP contribution in [0.3, 0.4) is 0 Å². The van der Waals surface area contributed by atoms with Crippen molar-refractivity contribution < 1.29 is 14.9 Å². The number of rotatable bonds is 5. The summed E-state index contributed by atoms with van der Waals surface area (Å²) in [7, 11) is 0. The van der Waals surface area contributed by atoms with Gasteiger partial charge in [0.25, 0.3) is 0 Å². The molecule has 5 rings (SSSR count). The maximum absolute atomic E-state index is 11.8. The minimum Gasteiger partial charge on any atom is -0.487 e. The first-order chi connectivity index (χ1) is 18.0. The summed E-state index contributed by atoms with van der Waals surface area (Å²) in [5.74, 6) is 1.33. The molecule has 2 aliphatic rings. The average Bonchev–Trinajstić information content (AvgIpc) is 3.02. The van der Waals surface area contributed by atoms with E-state index in [4.69, 9.17) is 16.3 Å². The van der Waals surface area contributed by atoms with Crippen molar-refractivity contribution in [1.82, 2.24) is 4.98 Å². The summed E-state index contributed by atoms with van der Waals surface area (Å²) >= 11 is 6.10. The van der Waals surface area contributed by atoms with E-state index in [1.807, 2.05) is 48.7 Å².